The second-order valence-electron chi connectivity index (χ2n) is 9.35. The molecule has 2 heterocycles. The number of carbonyl (C=O) groups excluding carboxylic acids is 4. The minimum atomic E-state index is -0.712. The van der Waals surface area contributed by atoms with Crippen LogP contribution in [0.25, 0.3) is 21.5 Å². The van der Waals surface area contributed by atoms with Gasteiger partial charge >= 0.3 is 0 Å². The Kier molecular flexibility index (Phi) is 4.47. The predicted molar refractivity (Wildman–Crippen MR) is 138 cm³/mol. The molecule has 8 nitrogen and oxygen atoms in total. The van der Waals surface area contributed by atoms with Crippen molar-refractivity contribution in [2.45, 2.75) is 0 Å². The first-order chi connectivity index (χ1) is 17.2. The van der Waals surface area contributed by atoms with Crippen molar-refractivity contribution >= 4 is 56.5 Å². The summed E-state index contributed by atoms with van der Waals surface area (Å²) < 4.78 is 0. The van der Waals surface area contributed by atoms with Crippen LogP contribution in [-0.2, 0) is 0 Å². The van der Waals surface area contributed by atoms with Gasteiger partial charge in [-0.15, -0.1) is 0 Å². The van der Waals surface area contributed by atoms with Gasteiger partial charge in [0.1, 0.15) is 0 Å². The van der Waals surface area contributed by atoms with E-state index in [9.17, 15) is 19.2 Å². The molecule has 8 heteroatoms. The molecule has 0 aromatic heterocycles. The summed E-state index contributed by atoms with van der Waals surface area (Å²) in [5, 5.41) is 3.92. The van der Waals surface area contributed by atoms with Crippen LogP contribution < -0.4 is 9.80 Å². The van der Waals surface area contributed by atoms with Crippen LogP contribution in [0.2, 0.25) is 0 Å². The van der Waals surface area contributed by atoms with Gasteiger partial charge in [0.2, 0.25) is 0 Å². The lowest BCUT2D eigenvalue weighted by atomic mass is 9.92. The van der Waals surface area contributed by atoms with E-state index in [1.165, 1.54) is 0 Å². The van der Waals surface area contributed by atoms with Gasteiger partial charge in [0.25, 0.3) is 23.6 Å². The number of nitrogens with zero attached hydrogens (tertiary/aromatic N) is 4. The van der Waals surface area contributed by atoms with Gasteiger partial charge in [-0.25, -0.2) is 0 Å². The highest BCUT2D eigenvalue weighted by molar-refractivity contribution is 6.32. The summed E-state index contributed by atoms with van der Waals surface area (Å²) >= 11 is 0. The van der Waals surface area contributed by atoms with Crippen molar-refractivity contribution in [3.8, 4) is 0 Å². The van der Waals surface area contributed by atoms with Gasteiger partial charge in [0.05, 0.1) is 22.3 Å². The van der Waals surface area contributed by atoms with Crippen LogP contribution in [0, 0.1) is 0 Å². The summed E-state index contributed by atoms with van der Waals surface area (Å²) in [6, 6.07) is 17.3. The van der Waals surface area contributed by atoms with Crippen molar-refractivity contribution in [3.63, 3.8) is 0 Å². The molecular formula is C28H22N4O4. The Labute approximate surface area is 206 Å². The summed E-state index contributed by atoms with van der Waals surface area (Å²) in [6.45, 7) is 0. The Morgan fingerprint density at radius 1 is 0.472 bits per heavy atom. The van der Waals surface area contributed by atoms with E-state index in [0.29, 0.717) is 20.8 Å². The van der Waals surface area contributed by atoms with Crippen molar-refractivity contribution in [1.29, 1.82) is 0 Å². The maximum Gasteiger partial charge on any atom is 0.281 e. The van der Waals surface area contributed by atoms with Crippen molar-refractivity contribution < 1.29 is 19.2 Å². The lowest BCUT2D eigenvalue weighted by Crippen LogP contribution is -2.58. The number of anilines is 2. The van der Waals surface area contributed by atoms with Crippen LogP contribution in [0.4, 0.5) is 11.4 Å². The molecule has 0 spiro atoms. The number of hydrogen-bond acceptors (Lipinski definition) is 6. The first kappa shape index (κ1) is 21.8. The molecule has 4 aromatic carbocycles. The minimum Gasteiger partial charge on any atom is -0.377 e. The van der Waals surface area contributed by atoms with Crippen LogP contribution >= 0.6 is 0 Å². The second-order valence-corrected chi connectivity index (χ2v) is 9.35. The van der Waals surface area contributed by atoms with E-state index < -0.39 is 23.6 Å². The zero-order valence-electron chi connectivity index (χ0n) is 20.2. The SMILES string of the molecule is CN(C)c1ccc2c3c(cccc13)C(=O)N(N1C(=O)c3cccc4c(N(C)C)ccc(c34)C1=O)C2=O. The quantitative estimate of drug-likeness (QED) is 0.415. The molecule has 178 valence electrons. The molecule has 0 N–H and O–H groups in total. The Balaban J connectivity index is 1.54. The fraction of sp³-hybridized carbons (Fsp3) is 0.143. The van der Waals surface area contributed by atoms with Gasteiger partial charge < -0.3 is 9.80 Å². The highest BCUT2D eigenvalue weighted by atomic mass is 16.2. The number of carbonyl (C=O) groups is 4. The number of hydrazine groups is 1. The van der Waals surface area contributed by atoms with E-state index in [0.717, 1.165) is 22.1 Å². The second kappa shape index (κ2) is 7.39. The number of amides is 4. The van der Waals surface area contributed by atoms with E-state index >= 15 is 0 Å². The summed E-state index contributed by atoms with van der Waals surface area (Å²) in [5.41, 5.74) is 2.76. The van der Waals surface area contributed by atoms with Crippen molar-refractivity contribution in [2.75, 3.05) is 38.0 Å². The van der Waals surface area contributed by atoms with Crippen molar-refractivity contribution in [2.24, 2.45) is 0 Å². The molecule has 6 rings (SSSR count). The van der Waals surface area contributed by atoms with Gasteiger partial charge in [-0.1, -0.05) is 24.3 Å². The Bertz CT molecular complexity index is 1520. The third-order valence-electron chi connectivity index (χ3n) is 6.89. The monoisotopic (exact) mass is 478 g/mol. The minimum absolute atomic E-state index is 0.262. The van der Waals surface area contributed by atoms with E-state index in [-0.39, 0.29) is 22.3 Å². The molecule has 4 amide bonds. The first-order valence-corrected chi connectivity index (χ1v) is 11.5. The smallest absolute Gasteiger partial charge is 0.281 e. The maximum absolute atomic E-state index is 13.7. The fourth-order valence-electron chi connectivity index (χ4n) is 5.28. The third kappa shape index (κ3) is 2.69. The van der Waals surface area contributed by atoms with E-state index in [2.05, 4.69) is 0 Å². The van der Waals surface area contributed by atoms with Gasteiger partial charge in [0.15, 0.2) is 0 Å². The van der Waals surface area contributed by atoms with Crippen LogP contribution in [0.1, 0.15) is 41.4 Å². The normalized spacial score (nSPS) is 14.8. The van der Waals surface area contributed by atoms with Gasteiger partial charge in [-0.05, 0) is 36.4 Å². The van der Waals surface area contributed by atoms with E-state index in [1.54, 1.807) is 48.5 Å². The lowest BCUT2D eigenvalue weighted by Gasteiger charge is -2.37. The lowest BCUT2D eigenvalue weighted by molar-refractivity contribution is 0.00212. The highest BCUT2D eigenvalue weighted by Crippen LogP contribution is 2.39. The van der Waals surface area contributed by atoms with Gasteiger partial charge in [0, 0.05) is 61.1 Å². The van der Waals surface area contributed by atoms with Crippen molar-refractivity contribution in [1.82, 2.24) is 10.0 Å². The van der Waals surface area contributed by atoms with Crippen molar-refractivity contribution in [3.05, 3.63) is 82.9 Å². The standard InChI is InChI=1S/C28H22N4O4/c1-29(2)21-13-11-19-23-15(21)7-5-9-17(23)25(33)31(27(19)35)32-26(34)18-10-6-8-16-22(30(3)4)14-12-20(24(16)18)28(32)36/h5-14H,1-4H3. The molecule has 0 bridgehead atoms. The Hall–Kier alpha value is -4.72. The van der Waals surface area contributed by atoms with Crippen LogP contribution in [0.5, 0.6) is 0 Å². The van der Waals surface area contributed by atoms with E-state index in [1.807, 2.05) is 50.1 Å². The van der Waals surface area contributed by atoms with Crippen LogP contribution in [0.15, 0.2) is 60.7 Å². The van der Waals surface area contributed by atoms with Crippen LogP contribution in [-0.4, -0.2) is 61.8 Å². The van der Waals surface area contributed by atoms with Crippen LogP contribution in [0.3, 0.4) is 0 Å². The molecule has 4 aromatic rings. The third-order valence-corrected chi connectivity index (χ3v) is 6.89. The highest BCUT2D eigenvalue weighted by Gasteiger charge is 2.45. The number of imide groups is 2. The summed E-state index contributed by atoms with van der Waals surface area (Å²) in [7, 11) is 7.53. The molecule has 0 saturated carbocycles. The predicted octanol–water partition coefficient (Wildman–Crippen LogP) is 3.93. The molecule has 0 unspecified atom stereocenters. The molecule has 0 radical (unpaired) electrons. The summed E-state index contributed by atoms with van der Waals surface area (Å²) in [4.78, 5) is 58.7. The summed E-state index contributed by atoms with van der Waals surface area (Å²) in [5.74, 6) is -2.85. The van der Waals surface area contributed by atoms with Gasteiger partial charge in [-0.3, -0.25) is 19.2 Å². The molecule has 0 fully saturated rings. The zero-order valence-corrected chi connectivity index (χ0v) is 20.2. The zero-order chi connectivity index (χ0) is 25.5. The Morgan fingerprint density at radius 3 is 1.14 bits per heavy atom. The molecule has 0 atom stereocenters. The van der Waals surface area contributed by atoms with E-state index in [4.69, 9.17) is 0 Å². The average Bonchev–Trinajstić information content (AvgIpc) is 2.86. The molecule has 2 aliphatic heterocycles. The molecule has 0 saturated heterocycles. The molecule has 0 aliphatic carbocycles. The molecular weight excluding hydrogens is 456 g/mol. The average molecular weight is 479 g/mol. The topological polar surface area (TPSA) is 81.2 Å². The van der Waals surface area contributed by atoms with Gasteiger partial charge in [-0.2, -0.15) is 10.0 Å². The Morgan fingerprint density at radius 2 is 0.806 bits per heavy atom. The number of rotatable bonds is 3. The molecule has 2 aliphatic rings. The maximum atomic E-state index is 13.7. The summed E-state index contributed by atoms with van der Waals surface area (Å²) in [6.07, 6.45) is 0. The largest absolute Gasteiger partial charge is 0.377 e. The molecule has 36 heavy (non-hydrogen) atoms. The number of benzene rings is 4. The fourth-order valence-corrected chi connectivity index (χ4v) is 5.28. The first-order valence-electron chi connectivity index (χ1n) is 11.5. The number of hydrogen-bond donors (Lipinski definition) is 0.